The second-order valence-corrected chi connectivity index (χ2v) is 7.61. The van der Waals surface area contributed by atoms with Gasteiger partial charge in [0.15, 0.2) is 6.10 Å². The third-order valence-corrected chi connectivity index (χ3v) is 5.46. The summed E-state index contributed by atoms with van der Waals surface area (Å²) in [5.41, 5.74) is 2.26. The molecule has 33 heavy (non-hydrogen) atoms. The van der Waals surface area contributed by atoms with Gasteiger partial charge in [-0.1, -0.05) is 18.2 Å². The maximum absolute atomic E-state index is 13.0. The van der Waals surface area contributed by atoms with Crippen molar-refractivity contribution in [3.05, 3.63) is 101 Å². The van der Waals surface area contributed by atoms with Gasteiger partial charge in [-0.15, -0.1) is 0 Å². The number of aromatic nitrogens is 3. The van der Waals surface area contributed by atoms with Crippen molar-refractivity contribution in [1.29, 1.82) is 0 Å². The van der Waals surface area contributed by atoms with Gasteiger partial charge >= 0.3 is 5.97 Å². The summed E-state index contributed by atoms with van der Waals surface area (Å²) in [6.07, 6.45) is 2.71. The Kier molecular flexibility index (Phi) is 5.99. The van der Waals surface area contributed by atoms with Crippen molar-refractivity contribution in [1.82, 2.24) is 13.9 Å². The van der Waals surface area contributed by atoms with E-state index in [1.807, 2.05) is 47.3 Å². The minimum atomic E-state index is -1.09. The molecule has 1 unspecified atom stereocenters. The molecule has 0 radical (unpaired) electrons. The van der Waals surface area contributed by atoms with Crippen LogP contribution in [-0.2, 0) is 16.6 Å². The number of rotatable bonds is 6. The number of ether oxygens (including phenoxy) is 1. The molecule has 0 aliphatic rings. The van der Waals surface area contributed by atoms with Gasteiger partial charge in [0.25, 0.3) is 11.5 Å². The minimum Gasteiger partial charge on any atom is -0.449 e. The third kappa shape index (κ3) is 4.36. The van der Waals surface area contributed by atoms with Crippen LogP contribution in [0.5, 0.6) is 0 Å². The molecule has 0 saturated carbocycles. The lowest BCUT2D eigenvalue weighted by atomic mass is 10.2. The summed E-state index contributed by atoms with van der Waals surface area (Å²) in [6.45, 7) is 3.20. The average Bonchev–Trinajstić information content (AvgIpc) is 3.43. The Balaban J connectivity index is 1.46. The highest BCUT2D eigenvalue weighted by Crippen LogP contribution is 2.15. The van der Waals surface area contributed by atoms with E-state index in [2.05, 4.69) is 5.32 Å². The average molecular weight is 444 g/mol. The Hall–Kier alpha value is -4.33. The maximum Gasteiger partial charge on any atom is 0.338 e. The predicted octanol–water partition coefficient (Wildman–Crippen LogP) is 3.46. The number of amides is 1. The summed E-state index contributed by atoms with van der Waals surface area (Å²) in [6, 6.07) is 19.8. The fourth-order valence-corrected chi connectivity index (χ4v) is 3.50. The molecule has 2 heterocycles. The summed E-state index contributed by atoms with van der Waals surface area (Å²) in [4.78, 5) is 38.2. The molecule has 168 valence electrons. The first-order valence-electron chi connectivity index (χ1n) is 10.5. The van der Waals surface area contributed by atoms with E-state index in [9.17, 15) is 14.4 Å². The van der Waals surface area contributed by atoms with Crippen molar-refractivity contribution in [2.24, 2.45) is 7.05 Å². The highest BCUT2D eigenvalue weighted by Gasteiger charge is 2.23. The van der Waals surface area contributed by atoms with Crippen LogP contribution in [0.25, 0.3) is 11.4 Å². The number of benzene rings is 2. The van der Waals surface area contributed by atoms with Crippen LogP contribution in [0.3, 0.4) is 0 Å². The van der Waals surface area contributed by atoms with Crippen LogP contribution >= 0.6 is 0 Å². The molecule has 4 rings (SSSR count). The van der Waals surface area contributed by atoms with Gasteiger partial charge in [-0.25, -0.2) is 9.48 Å². The summed E-state index contributed by atoms with van der Waals surface area (Å²) in [7, 11) is 1.74. The minimum absolute atomic E-state index is 0.144. The zero-order chi connectivity index (χ0) is 23.5. The van der Waals surface area contributed by atoms with Gasteiger partial charge in [0.05, 0.1) is 16.9 Å². The second kappa shape index (κ2) is 9.04. The van der Waals surface area contributed by atoms with Crippen molar-refractivity contribution >= 4 is 17.6 Å². The van der Waals surface area contributed by atoms with Crippen molar-refractivity contribution < 1.29 is 14.3 Å². The maximum atomic E-state index is 13.0. The largest absolute Gasteiger partial charge is 0.449 e. The lowest BCUT2D eigenvalue weighted by Crippen LogP contribution is -2.32. The number of nitrogens with one attached hydrogen (secondary N) is 1. The van der Waals surface area contributed by atoms with Crippen LogP contribution in [0, 0.1) is 6.92 Å². The van der Waals surface area contributed by atoms with E-state index < -0.39 is 18.0 Å². The molecule has 4 aromatic rings. The molecule has 2 aromatic carbocycles. The molecule has 2 aromatic heterocycles. The monoisotopic (exact) mass is 444 g/mol. The molecule has 1 amide bonds. The van der Waals surface area contributed by atoms with Crippen LogP contribution in [-0.4, -0.2) is 31.9 Å². The summed E-state index contributed by atoms with van der Waals surface area (Å²) in [5.74, 6) is -1.21. The van der Waals surface area contributed by atoms with E-state index >= 15 is 0 Å². The summed E-state index contributed by atoms with van der Waals surface area (Å²) < 4.78 is 10.4. The SMILES string of the molecule is Cc1c(NC(=O)C(C)OC(=O)c2ccc(-n3cccc3)cc2)c(=O)n(-c2ccccc2)n1C. The number of hydrogen-bond acceptors (Lipinski definition) is 4. The first kappa shape index (κ1) is 21.9. The topological polar surface area (TPSA) is 87.3 Å². The molecular weight excluding hydrogens is 420 g/mol. The zero-order valence-corrected chi connectivity index (χ0v) is 18.6. The highest BCUT2D eigenvalue weighted by atomic mass is 16.5. The first-order valence-corrected chi connectivity index (χ1v) is 10.5. The quantitative estimate of drug-likeness (QED) is 0.462. The van der Waals surface area contributed by atoms with Crippen LogP contribution in [0.4, 0.5) is 5.69 Å². The zero-order valence-electron chi connectivity index (χ0n) is 18.6. The van der Waals surface area contributed by atoms with E-state index in [0.717, 1.165) is 5.69 Å². The molecule has 0 bridgehead atoms. The lowest BCUT2D eigenvalue weighted by molar-refractivity contribution is -0.123. The first-order chi connectivity index (χ1) is 15.9. The van der Waals surface area contributed by atoms with Gasteiger partial charge in [-0.2, -0.15) is 0 Å². The Morgan fingerprint density at radius 3 is 2.18 bits per heavy atom. The van der Waals surface area contributed by atoms with Gasteiger partial charge in [0, 0.05) is 25.1 Å². The number of carbonyl (C=O) groups excluding carboxylic acids is 2. The summed E-state index contributed by atoms with van der Waals surface area (Å²) in [5, 5.41) is 2.62. The van der Waals surface area contributed by atoms with Crippen LogP contribution < -0.4 is 10.9 Å². The number of hydrogen-bond donors (Lipinski definition) is 1. The fraction of sp³-hybridized carbons (Fsp3) is 0.160. The summed E-state index contributed by atoms with van der Waals surface area (Å²) >= 11 is 0. The standard InChI is InChI=1S/C25H24N4O4/c1-17-22(24(31)29(27(17)3)21-9-5-4-6-10-21)26-23(30)18(2)33-25(32)19-11-13-20(14-12-19)28-15-7-8-16-28/h4-16,18H,1-3H3,(H,26,30). The Bertz CT molecular complexity index is 1330. The highest BCUT2D eigenvalue weighted by molar-refractivity contribution is 5.97. The van der Waals surface area contributed by atoms with E-state index in [-0.39, 0.29) is 11.2 Å². The Labute approximate surface area is 190 Å². The number of carbonyl (C=O) groups is 2. The molecule has 0 aliphatic heterocycles. The molecular formula is C25H24N4O4. The van der Waals surface area contributed by atoms with Crippen molar-refractivity contribution in [3.8, 4) is 11.4 Å². The van der Waals surface area contributed by atoms with E-state index in [4.69, 9.17) is 4.74 Å². The molecule has 0 fully saturated rings. The number of nitrogens with zero attached hydrogens (tertiary/aromatic N) is 3. The molecule has 0 aliphatic carbocycles. The Morgan fingerprint density at radius 2 is 1.55 bits per heavy atom. The molecule has 1 atom stereocenters. The molecule has 8 nitrogen and oxygen atoms in total. The van der Waals surface area contributed by atoms with Crippen LogP contribution in [0.2, 0.25) is 0 Å². The van der Waals surface area contributed by atoms with Gasteiger partial charge in [0.2, 0.25) is 0 Å². The normalized spacial score (nSPS) is 11.7. The van der Waals surface area contributed by atoms with Gasteiger partial charge in [0.1, 0.15) is 5.69 Å². The van der Waals surface area contributed by atoms with Gasteiger partial charge in [-0.05, 0) is 62.4 Å². The third-order valence-electron chi connectivity index (χ3n) is 5.46. The number of anilines is 1. The van der Waals surface area contributed by atoms with E-state index in [0.29, 0.717) is 16.9 Å². The molecule has 0 saturated heterocycles. The number of esters is 1. The molecule has 1 N–H and O–H groups in total. The molecule has 8 heteroatoms. The lowest BCUT2D eigenvalue weighted by Gasteiger charge is -2.13. The predicted molar refractivity (Wildman–Crippen MR) is 125 cm³/mol. The van der Waals surface area contributed by atoms with Crippen molar-refractivity contribution in [2.45, 2.75) is 20.0 Å². The van der Waals surface area contributed by atoms with Crippen LogP contribution in [0.15, 0.2) is 83.9 Å². The second-order valence-electron chi connectivity index (χ2n) is 7.61. The van der Waals surface area contributed by atoms with E-state index in [1.54, 1.807) is 55.1 Å². The van der Waals surface area contributed by atoms with Crippen molar-refractivity contribution in [3.63, 3.8) is 0 Å². The van der Waals surface area contributed by atoms with Crippen LogP contribution in [0.1, 0.15) is 23.0 Å². The van der Waals surface area contributed by atoms with Gasteiger partial charge < -0.3 is 14.6 Å². The molecule has 0 spiro atoms. The fourth-order valence-electron chi connectivity index (χ4n) is 3.50. The Morgan fingerprint density at radius 1 is 0.909 bits per heavy atom. The smallest absolute Gasteiger partial charge is 0.338 e. The van der Waals surface area contributed by atoms with Crippen molar-refractivity contribution in [2.75, 3.05) is 5.32 Å². The number of para-hydroxylation sites is 1. The van der Waals surface area contributed by atoms with Gasteiger partial charge in [-0.3, -0.25) is 14.3 Å². The van der Waals surface area contributed by atoms with E-state index in [1.165, 1.54) is 11.6 Å².